The van der Waals surface area contributed by atoms with Crippen molar-refractivity contribution in [2.24, 2.45) is 0 Å². The summed E-state index contributed by atoms with van der Waals surface area (Å²) in [4.78, 5) is 4.44. The van der Waals surface area contributed by atoms with E-state index >= 15 is 0 Å². The molecule has 1 unspecified atom stereocenters. The molecule has 2 aromatic rings. The zero-order valence-electron chi connectivity index (χ0n) is 12.6. The fourth-order valence-electron chi connectivity index (χ4n) is 2.25. The molecule has 1 N–H and O–H groups in total. The summed E-state index contributed by atoms with van der Waals surface area (Å²) in [5, 5.41) is 4.10. The molecule has 4 heteroatoms. The Labute approximate surface area is 131 Å². The smallest absolute Gasteiger partial charge is 0.124 e. The molecule has 112 valence electrons. The molecule has 3 nitrogen and oxygen atoms in total. The summed E-state index contributed by atoms with van der Waals surface area (Å²) in [5.41, 5.74) is 1.87. The van der Waals surface area contributed by atoms with Crippen LogP contribution in [-0.2, 0) is 0 Å². The van der Waals surface area contributed by atoms with E-state index in [-0.39, 0.29) is 12.1 Å². The maximum Gasteiger partial charge on any atom is 0.124 e. The van der Waals surface area contributed by atoms with Gasteiger partial charge < -0.3 is 10.1 Å². The van der Waals surface area contributed by atoms with E-state index in [1.165, 1.54) is 0 Å². The fraction of sp³-hybridized carbons (Fsp3) is 0.353. The minimum absolute atomic E-state index is 0.0846. The monoisotopic (exact) mass is 304 g/mol. The molecule has 0 aliphatic rings. The van der Waals surface area contributed by atoms with E-state index in [4.69, 9.17) is 16.3 Å². The minimum atomic E-state index is -0.0846. The van der Waals surface area contributed by atoms with Crippen LogP contribution in [0.4, 0.5) is 0 Å². The van der Waals surface area contributed by atoms with Gasteiger partial charge >= 0.3 is 0 Å². The van der Waals surface area contributed by atoms with Crippen LogP contribution in [0.5, 0.6) is 5.75 Å². The standard InChI is InChI=1S/C17H21ClN2O/c1-4-19-16(17-14(18)9-7-11-20-17)13-8-5-6-10-15(13)21-12(2)3/h5-12,16,19H,4H2,1-3H3. The van der Waals surface area contributed by atoms with E-state index in [0.717, 1.165) is 23.6 Å². The van der Waals surface area contributed by atoms with Crippen molar-refractivity contribution in [1.29, 1.82) is 0 Å². The van der Waals surface area contributed by atoms with Gasteiger partial charge in [-0.25, -0.2) is 0 Å². The lowest BCUT2D eigenvalue weighted by atomic mass is 10.0. The molecule has 1 heterocycles. The number of hydrogen-bond donors (Lipinski definition) is 1. The summed E-state index contributed by atoms with van der Waals surface area (Å²) >= 11 is 6.32. The van der Waals surface area contributed by atoms with Gasteiger partial charge in [-0.1, -0.05) is 36.7 Å². The lowest BCUT2D eigenvalue weighted by Gasteiger charge is -2.22. The van der Waals surface area contributed by atoms with Gasteiger partial charge in [0.15, 0.2) is 0 Å². The van der Waals surface area contributed by atoms with Crippen molar-refractivity contribution in [2.75, 3.05) is 6.54 Å². The molecule has 0 aliphatic carbocycles. The average Bonchev–Trinajstić information content (AvgIpc) is 2.46. The highest BCUT2D eigenvalue weighted by atomic mass is 35.5. The molecule has 0 radical (unpaired) electrons. The van der Waals surface area contributed by atoms with Crippen molar-refractivity contribution < 1.29 is 4.74 Å². The van der Waals surface area contributed by atoms with Gasteiger partial charge in [0.25, 0.3) is 0 Å². The van der Waals surface area contributed by atoms with Crippen molar-refractivity contribution in [2.45, 2.75) is 32.9 Å². The van der Waals surface area contributed by atoms with Crippen LogP contribution in [0.25, 0.3) is 0 Å². The third kappa shape index (κ3) is 3.96. The zero-order chi connectivity index (χ0) is 15.2. The highest BCUT2D eigenvalue weighted by Gasteiger charge is 2.21. The maximum absolute atomic E-state index is 6.32. The Morgan fingerprint density at radius 1 is 1.19 bits per heavy atom. The number of hydrogen-bond acceptors (Lipinski definition) is 3. The summed E-state index contributed by atoms with van der Waals surface area (Å²) in [5.74, 6) is 0.861. The lowest BCUT2D eigenvalue weighted by Crippen LogP contribution is -2.24. The molecule has 0 fully saturated rings. The van der Waals surface area contributed by atoms with Crippen LogP contribution in [0.15, 0.2) is 42.6 Å². The van der Waals surface area contributed by atoms with Crippen LogP contribution < -0.4 is 10.1 Å². The number of rotatable bonds is 6. The summed E-state index contributed by atoms with van der Waals surface area (Å²) in [7, 11) is 0. The van der Waals surface area contributed by atoms with E-state index < -0.39 is 0 Å². The van der Waals surface area contributed by atoms with Gasteiger partial charge in [0, 0.05) is 11.8 Å². The number of pyridine rings is 1. The van der Waals surface area contributed by atoms with Crippen molar-refractivity contribution in [3.05, 3.63) is 58.9 Å². The van der Waals surface area contributed by atoms with Crippen LogP contribution in [0.1, 0.15) is 38.1 Å². The van der Waals surface area contributed by atoms with Gasteiger partial charge in [0.05, 0.1) is 22.9 Å². The Bertz CT molecular complexity index is 587. The minimum Gasteiger partial charge on any atom is -0.491 e. The molecule has 0 saturated heterocycles. The third-order valence-electron chi connectivity index (χ3n) is 3.06. The number of ether oxygens (including phenoxy) is 1. The number of nitrogens with one attached hydrogen (secondary N) is 1. The second-order valence-corrected chi connectivity index (χ2v) is 5.47. The highest BCUT2D eigenvalue weighted by molar-refractivity contribution is 6.31. The number of aromatic nitrogens is 1. The van der Waals surface area contributed by atoms with Crippen molar-refractivity contribution in [1.82, 2.24) is 10.3 Å². The first-order chi connectivity index (χ1) is 10.1. The molecule has 2 rings (SSSR count). The molecule has 1 aromatic heterocycles. The van der Waals surface area contributed by atoms with Gasteiger partial charge in [-0.3, -0.25) is 4.98 Å². The molecule has 0 saturated carbocycles. The summed E-state index contributed by atoms with van der Waals surface area (Å²) in [6.45, 7) is 6.92. The van der Waals surface area contributed by atoms with E-state index in [0.29, 0.717) is 5.02 Å². The molecule has 1 aromatic carbocycles. The first kappa shape index (κ1) is 15.8. The molecule has 0 aliphatic heterocycles. The normalized spacial score (nSPS) is 12.4. The van der Waals surface area contributed by atoms with E-state index in [9.17, 15) is 0 Å². The molecule has 1 atom stereocenters. The number of para-hydroxylation sites is 1. The van der Waals surface area contributed by atoms with Crippen molar-refractivity contribution >= 4 is 11.6 Å². The van der Waals surface area contributed by atoms with E-state index in [1.807, 2.05) is 44.2 Å². The van der Waals surface area contributed by atoms with E-state index in [1.54, 1.807) is 6.20 Å². The quantitative estimate of drug-likeness (QED) is 0.867. The largest absolute Gasteiger partial charge is 0.491 e. The highest BCUT2D eigenvalue weighted by Crippen LogP contribution is 2.32. The number of halogens is 1. The topological polar surface area (TPSA) is 34.1 Å². The molecule has 0 amide bonds. The van der Waals surface area contributed by atoms with Crippen LogP contribution >= 0.6 is 11.6 Å². The first-order valence-electron chi connectivity index (χ1n) is 7.22. The van der Waals surface area contributed by atoms with Crippen molar-refractivity contribution in [3.63, 3.8) is 0 Å². The van der Waals surface area contributed by atoms with Crippen molar-refractivity contribution in [3.8, 4) is 5.75 Å². The Hall–Kier alpha value is -1.58. The summed E-state index contributed by atoms with van der Waals surface area (Å²) in [6, 6.07) is 11.6. The first-order valence-corrected chi connectivity index (χ1v) is 7.60. The molecular formula is C17H21ClN2O. The number of benzene rings is 1. The molecule has 0 spiro atoms. The molecule has 21 heavy (non-hydrogen) atoms. The van der Waals surface area contributed by atoms with Crippen LogP contribution in [0.3, 0.4) is 0 Å². The van der Waals surface area contributed by atoms with Gasteiger partial charge in [0.2, 0.25) is 0 Å². The predicted molar refractivity (Wildman–Crippen MR) is 87.0 cm³/mol. The van der Waals surface area contributed by atoms with Gasteiger partial charge in [0.1, 0.15) is 5.75 Å². The summed E-state index contributed by atoms with van der Waals surface area (Å²) < 4.78 is 5.92. The Balaban J connectivity index is 2.46. The number of nitrogens with zero attached hydrogens (tertiary/aromatic N) is 1. The molecule has 0 bridgehead atoms. The summed E-state index contributed by atoms with van der Waals surface area (Å²) in [6.07, 6.45) is 1.88. The van der Waals surface area contributed by atoms with Gasteiger partial charge in [-0.05, 0) is 38.6 Å². The van der Waals surface area contributed by atoms with Crippen LogP contribution in [-0.4, -0.2) is 17.6 Å². The SMILES string of the molecule is CCNC(c1ccccc1OC(C)C)c1ncccc1Cl. The Morgan fingerprint density at radius 3 is 2.62 bits per heavy atom. The predicted octanol–water partition coefficient (Wildman–Crippen LogP) is 4.22. The second kappa shape index (κ2) is 7.43. The Morgan fingerprint density at radius 2 is 1.95 bits per heavy atom. The van der Waals surface area contributed by atoms with Gasteiger partial charge in [-0.15, -0.1) is 0 Å². The maximum atomic E-state index is 6.32. The van der Waals surface area contributed by atoms with E-state index in [2.05, 4.69) is 23.3 Å². The van der Waals surface area contributed by atoms with Crippen LogP contribution in [0.2, 0.25) is 5.02 Å². The Kier molecular flexibility index (Phi) is 5.59. The average molecular weight is 305 g/mol. The zero-order valence-corrected chi connectivity index (χ0v) is 13.4. The third-order valence-corrected chi connectivity index (χ3v) is 3.38. The lowest BCUT2D eigenvalue weighted by molar-refractivity contribution is 0.238. The fourth-order valence-corrected chi connectivity index (χ4v) is 2.48. The second-order valence-electron chi connectivity index (χ2n) is 5.07. The van der Waals surface area contributed by atoms with Gasteiger partial charge in [-0.2, -0.15) is 0 Å². The van der Waals surface area contributed by atoms with Crippen LogP contribution in [0, 0.1) is 0 Å². The molecular weight excluding hydrogens is 284 g/mol.